The summed E-state index contributed by atoms with van der Waals surface area (Å²) in [5.41, 5.74) is 2.01. The summed E-state index contributed by atoms with van der Waals surface area (Å²) in [5, 5.41) is 3.49. The fourth-order valence-corrected chi connectivity index (χ4v) is 5.02. The van der Waals surface area contributed by atoms with Gasteiger partial charge in [-0.3, -0.25) is 4.90 Å². The van der Waals surface area contributed by atoms with Crippen molar-refractivity contribution >= 4 is 39.7 Å². The Bertz CT molecular complexity index is 410. The highest BCUT2D eigenvalue weighted by molar-refractivity contribution is 9.11. The molecule has 2 saturated heterocycles. The van der Waals surface area contributed by atoms with E-state index in [0.717, 1.165) is 6.54 Å². The second kappa shape index (κ2) is 6.44. The molecule has 1 N–H and O–H groups in total. The van der Waals surface area contributed by atoms with Crippen LogP contribution in [0.15, 0.2) is 9.85 Å². The van der Waals surface area contributed by atoms with Gasteiger partial charge in [0.2, 0.25) is 0 Å². The van der Waals surface area contributed by atoms with Crippen molar-refractivity contribution in [1.29, 1.82) is 0 Å². The van der Waals surface area contributed by atoms with E-state index in [9.17, 15) is 0 Å². The number of nitrogens with one attached hydrogen (secondary N) is 1. The molecule has 0 radical (unpaired) electrons. The average molecular weight is 366 g/mol. The van der Waals surface area contributed by atoms with Crippen molar-refractivity contribution in [3.05, 3.63) is 20.3 Å². The lowest BCUT2D eigenvalue weighted by Crippen LogP contribution is -2.38. The Morgan fingerprint density at radius 3 is 2.74 bits per heavy atom. The minimum Gasteiger partial charge on any atom is -0.317 e. The molecule has 108 valence electrons. The summed E-state index contributed by atoms with van der Waals surface area (Å²) < 4.78 is 1.30. The van der Waals surface area contributed by atoms with E-state index in [4.69, 9.17) is 0 Å². The van der Waals surface area contributed by atoms with E-state index in [1.807, 2.05) is 11.3 Å². The van der Waals surface area contributed by atoms with Crippen LogP contribution in [-0.4, -0.2) is 31.1 Å². The third kappa shape index (κ3) is 3.53. The fourth-order valence-electron chi connectivity index (χ4n) is 3.35. The van der Waals surface area contributed by atoms with Crippen LogP contribution in [0.5, 0.6) is 0 Å². The summed E-state index contributed by atoms with van der Waals surface area (Å²) in [6, 6.07) is 2.34. The number of thiophene rings is 1. The zero-order valence-electron chi connectivity index (χ0n) is 11.4. The number of likely N-dealkylation sites (tertiary alicyclic amines) is 1. The summed E-state index contributed by atoms with van der Waals surface area (Å²) >= 11 is 5.53. The lowest BCUT2D eigenvalue weighted by molar-refractivity contribution is 0.194. The molecule has 0 bridgehead atoms. The first-order valence-electron chi connectivity index (χ1n) is 6.85. The molecule has 1 aromatic heterocycles. The Balaban J connectivity index is 0.00000133. The van der Waals surface area contributed by atoms with Crippen LogP contribution in [0.2, 0.25) is 0 Å². The molecule has 0 amide bonds. The minimum absolute atomic E-state index is 0. The van der Waals surface area contributed by atoms with E-state index in [-0.39, 0.29) is 12.4 Å². The van der Waals surface area contributed by atoms with Crippen molar-refractivity contribution in [1.82, 2.24) is 10.2 Å². The van der Waals surface area contributed by atoms with Crippen LogP contribution in [0.25, 0.3) is 0 Å². The molecule has 5 heteroatoms. The van der Waals surface area contributed by atoms with Crippen molar-refractivity contribution in [3.8, 4) is 0 Å². The minimum atomic E-state index is 0. The second-order valence-corrected chi connectivity index (χ2v) is 8.33. The summed E-state index contributed by atoms with van der Waals surface area (Å²) in [6.45, 7) is 8.36. The van der Waals surface area contributed by atoms with E-state index in [2.05, 4.69) is 39.1 Å². The normalized spacial score (nSPS) is 22.6. The van der Waals surface area contributed by atoms with Crippen LogP contribution in [0.3, 0.4) is 0 Å². The van der Waals surface area contributed by atoms with Gasteiger partial charge in [0.05, 0.1) is 3.79 Å². The van der Waals surface area contributed by atoms with Crippen molar-refractivity contribution in [2.75, 3.05) is 26.2 Å². The van der Waals surface area contributed by atoms with Gasteiger partial charge in [-0.25, -0.2) is 0 Å². The average Bonchev–Trinajstić information content (AvgIpc) is 2.86. The standard InChI is InChI=1S/C14H21BrN2S.ClH/c1-11-8-12(18-13(11)15)9-17-7-4-14(10-17)2-5-16-6-3-14;/h8,16H,2-7,9-10H2,1H3;1H. The highest BCUT2D eigenvalue weighted by atomic mass is 79.9. The number of piperidine rings is 1. The number of halogens is 2. The first kappa shape index (κ1) is 15.8. The predicted molar refractivity (Wildman–Crippen MR) is 88.4 cm³/mol. The van der Waals surface area contributed by atoms with Crippen molar-refractivity contribution in [3.63, 3.8) is 0 Å². The summed E-state index contributed by atoms with van der Waals surface area (Å²) in [4.78, 5) is 4.16. The zero-order chi connectivity index (χ0) is 12.6. The topological polar surface area (TPSA) is 15.3 Å². The summed E-state index contributed by atoms with van der Waals surface area (Å²) in [6.07, 6.45) is 4.15. The van der Waals surface area contributed by atoms with E-state index < -0.39 is 0 Å². The monoisotopic (exact) mass is 364 g/mol. The van der Waals surface area contributed by atoms with Crippen LogP contribution in [0, 0.1) is 12.3 Å². The summed E-state index contributed by atoms with van der Waals surface area (Å²) in [7, 11) is 0. The molecule has 3 heterocycles. The summed E-state index contributed by atoms with van der Waals surface area (Å²) in [5.74, 6) is 0. The van der Waals surface area contributed by atoms with Crippen LogP contribution >= 0.6 is 39.7 Å². The number of nitrogens with zero attached hydrogens (tertiary/aromatic N) is 1. The van der Waals surface area contributed by atoms with E-state index in [1.54, 1.807) is 0 Å². The molecule has 2 fully saturated rings. The maximum Gasteiger partial charge on any atom is 0.0730 e. The highest BCUT2D eigenvalue weighted by Gasteiger charge is 2.38. The lowest BCUT2D eigenvalue weighted by Gasteiger charge is -2.33. The van der Waals surface area contributed by atoms with Gasteiger partial charge in [0.15, 0.2) is 0 Å². The Labute approximate surface area is 134 Å². The van der Waals surface area contributed by atoms with Crippen LogP contribution in [0.1, 0.15) is 29.7 Å². The molecule has 0 unspecified atom stereocenters. The number of aryl methyl sites for hydroxylation is 1. The second-order valence-electron chi connectivity index (χ2n) is 5.88. The Hall–Kier alpha value is 0.390. The molecule has 3 rings (SSSR count). The maximum atomic E-state index is 3.63. The number of hydrogen-bond acceptors (Lipinski definition) is 3. The molecule has 2 aliphatic heterocycles. The van der Waals surface area contributed by atoms with E-state index in [1.165, 1.54) is 59.7 Å². The van der Waals surface area contributed by atoms with Crippen molar-refractivity contribution in [2.45, 2.75) is 32.7 Å². The maximum absolute atomic E-state index is 3.63. The van der Waals surface area contributed by atoms with Gasteiger partial charge in [0.25, 0.3) is 0 Å². The molecule has 2 aliphatic rings. The van der Waals surface area contributed by atoms with Gasteiger partial charge < -0.3 is 5.32 Å². The third-order valence-corrected chi connectivity index (χ3v) is 6.59. The largest absolute Gasteiger partial charge is 0.317 e. The van der Waals surface area contributed by atoms with Crippen LogP contribution in [-0.2, 0) is 6.54 Å². The molecule has 1 spiro atoms. The quantitative estimate of drug-likeness (QED) is 0.857. The molecule has 0 aliphatic carbocycles. The molecule has 1 aromatic rings. The van der Waals surface area contributed by atoms with Crippen LogP contribution < -0.4 is 5.32 Å². The van der Waals surface area contributed by atoms with Crippen LogP contribution in [0.4, 0.5) is 0 Å². The molecular weight excluding hydrogens is 344 g/mol. The van der Waals surface area contributed by atoms with E-state index >= 15 is 0 Å². The first-order chi connectivity index (χ1) is 8.67. The SMILES string of the molecule is Cc1cc(CN2CCC3(CCNCC3)C2)sc1Br.Cl. The van der Waals surface area contributed by atoms with Gasteiger partial charge in [-0.15, -0.1) is 23.7 Å². The predicted octanol–water partition coefficient (Wildman–Crippen LogP) is 3.82. The van der Waals surface area contributed by atoms with Gasteiger partial charge in [-0.05, 0) is 78.8 Å². The smallest absolute Gasteiger partial charge is 0.0730 e. The Morgan fingerprint density at radius 2 is 2.11 bits per heavy atom. The molecule has 0 atom stereocenters. The third-order valence-electron chi connectivity index (χ3n) is 4.47. The van der Waals surface area contributed by atoms with Crippen molar-refractivity contribution < 1.29 is 0 Å². The fraction of sp³-hybridized carbons (Fsp3) is 0.714. The number of rotatable bonds is 2. The first-order valence-corrected chi connectivity index (χ1v) is 8.46. The van der Waals surface area contributed by atoms with Gasteiger partial charge in [-0.2, -0.15) is 0 Å². The Kier molecular flexibility index (Phi) is 5.34. The molecule has 0 saturated carbocycles. The molecule has 19 heavy (non-hydrogen) atoms. The van der Waals surface area contributed by atoms with E-state index in [0.29, 0.717) is 5.41 Å². The van der Waals surface area contributed by atoms with Crippen molar-refractivity contribution in [2.24, 2.45) is 5.41 Å². The molecule has 2 nitrogen and oxygen atoms in total. The Morgan fingerprint density at radius 1 is 1.37 bits per heavy atom. The van der Waals surface area contributed by atoms with Gasteiger partial charge in [-0.1, -0.05) is 0 Å². The van der Waals surface area contributed by atoms with Gasteiger partial charge >= 0.3 is 0 Å². The molecule has 0 aromatic carbocycles. The van der Waals surface area contributed by atoms with Gasteiger partial charge in [0, 0.05) is 18.0 Å². The lowest BCUT2D eigenvalue weighted by atomic mass is 9.78. The van der Waals surface area contributed by atoms with Gasteiger partial charge in [0.1, 0.15) is 0 Å². The molecular formula is C14H22BrClN2S. The highest BCUT2D eigenvalue weighted by Crippen LogP contribution is 2.39. The number of hydrogen-bond donors (Lipinski definition) is 1. The zero-order valence-corrected chi connectivity index (χ0v) is 14.6.